The van der Waals surface area contributed by atoms with E-state index in [1.54, 1.807) is 7.11 Å². The third kappa shape index (κ3) is 2.08. The molecule has 0 aliphatic heterocycles. The summed E-state index contributed by atoms with van der Waals surface area (Å²) in [5.74, 6) is 2.31. The predicted molar refractivity (Wildman–Crippen MR) is 73.5 cm³/mol. The molecule has 102 valence electrons. The summed E-state index contributed by atoms with van der Waals surface area (Å²) in [4.78, 5) is 0. The van der Waals surface area contributed by atoms with Crippen molar-refractivity contribution in [2.45, 2.75) is 44.6 Å². The first-order valence-electron chi connectivity index (χ1n) is 6.84. The van der Waals surface area contributed by atoms with Crippen LogP contribution in [0.4, 0.5) is 0 Å². The first-order valence-corrected chi connectivity index (χ1v) is 6.84. The van der Waals surface area contributed by atoms with E-state index in [0.717, 1.165) is 42.0 Å². The van der Waals surface area contributed by atoms with Gasteiger partial charge in [-0.15, -0.1) is 10.2 Å². The fraction of sp³-hybridized carbons (Fsp3) is 0.571. The third-order valence-corrected chi connectivity index (χ3v) is 4.10. The van der Waals surface area contributed by atoms with Crippen molar-refractivity contribution in [2.75, 3.05) is 7.11 Å². The molecule has 5 heteroatoms. The minimum Gasteiger partial charge on any atom is -0.496 e. The standard InChI is InChI=1S/C14H20N4O/c1-9-12(19-2)6-7-18-13(9)16-17-14(18)10-4-3-5-11(15)8-10/h6-7,10-11H,3-5,8,15H2,1-2H3/t10-,11+/m0/s1. The van der Waals surface area contributed by atoms with E-state index in [4.69, 9.17) is 10.5 Å². The average Bonchev–Trinajstić information content (AvgIpc) is 2.84. The van der Waals surface area contributed by atoms with Gasteiger partial charge in [-0.25, -0.2) is 0 Å². The van der Waals surface area contributed by atoms with E-state index in [0.29, 0.717) is 12.0 Å². The van der Waals surface area contributed by atoms with Crippen molar-refractivity contribution in [3.63, 3.8) is 0 Å². The highest BCUT2D eigenvalue weighted by atomic mass is 16.5. The van der Waals surface area contributed by atoms with Gasteiger partial charge in [0.1, 0.15) is 11.6 Å². The summed E-state index contributed by atoms with van der Waals surface area (Å²) in [6.07, 6.45) is 6.46. The molecule has 3 rings (SSSR count). The van der Waals surface area contributed by atoms with Crippen molar-refractivity contribution >= 4 is 5.65 Å². The smallest absolute Gasteiger partial charge is 0.167 e. The van der Waals surface area contributed by atoms with Gasteiger partial charge in [0.15, 0.2) is 5.65 Å². The number of hydrogen-bond donors (Lipinski definition) is 1. The van der Waals surface area contributed by atoms with E-state index in [-0.39, 0.29) is 0 Å². The van der Waals surface area contributed by atoms with Crippen molar-refractivity contribution in [3.05, 3.63) is 23.7 Å². The summed E-state index contributed by atoms with van der Waals surface area (Å²) >= 11 is 0. The van der Waals surface area contributed by atoms with E-state index in [2.05, 4.69) is 14.6 Å². The summed E-state index contributed by atoms with van der Waals surface area (Å²) in [6, 6.07) is 2.27. The van der Waals surface area contributed by atoms with Crippen LogP contribution < -0.4 is 10.5 Å². The van der Waals surface area contributed by atoms with Crippen LogP contribution >= 0.6 is 0 Å². The molecule has 2 aromatic rings. The molecule has 0 aromatic carbocycles. The molecule has 0 radical (unpaired) electrons. The van der Waals surface area contributed by atoms with Crippen LogP contribution in [0.1, 0.15) is 43.0 Å². The molecule has 2 heterocycles. The van der Waals surface area contributed by atoms with Gasteiger partial charge in [-0.2, -0.15) is 0 Å². The van der Waals surface area contributed by atoms with Gasteiger partial charge in [-0.1, -0.05) is 6.42 Å². The highest BCUT2D eigenvalue weighted by Crippen LogP contribution is 2.32. The minimum absolute atomic E-state index is 0.297. The molecular formula is C14H20N4O. The third-order valence-electron chi connectivity index (χ3n) is 4.10. The number of nitrogens with two attached hydrogens (primary N) is 1. The topological polar surface area (TPSA) is 65.4 Å². The van der Waals surface area contributed by atoms with Crippen LogP contribution in [0.3, 0.4) is 0 Å². The maximum Gasteiger partial charge on any atom is 0.167 e. The number of aromatic nitrogens is 3. The van der Waals surface area contributed by atoms with Crippen molar-refractivity contribution in [2.24, 2.45) is 5.73 Å². The monoisotopic (exact) mass is 260 g/mol. The number of ether oxygens (including phenoxy) is 1. The number of pyridine rings is 1. The van der Waals surface area contributed by atoms with Crippen molar-refractivity contribution in [1.82, 2.24) is 14.6 Å². The molecule has 1 aliphatic carbocycles. The molecular weight excluding hydrogens is 240 g/mol. The lowest BCUT2D eigenvalue weighted by Crippen LogP contribution is -2.27. The van der Waals surface area contributed by atoms with E-state index in [1.165, 1.54) is 6.42 Å². The fourth-order valence-corrected chi connectivity index (χ4v) is 3.05. The molecule has 0 amide bonds. The van der Waals surface area contributed by atoms with Gasteiger partial charge in [0.2, 0.25) is 0 Å². The summed E-state index contributed by atoms with van der Waals surface area (Å²) in [5, 5.41) is 8.71. The lowest BCUT2D eigenvalue weighted by atomic mass is 9.85. The first-order chi connectivity index (χ1) is 9.20. The van der Waals surface area contributed by atoms with Gasteiger partial charge in [-0.3, -0.25) is 4.40 Å². The summed E-state index contributed by atoms with van der Waals surface area (Å²) in [7, 11) is 1.68. The number of rotatable bonds is 2. The zero-order chi connectivity index (χ0) is 13.4. The SMILES string of the molecule is COc1ccn2c([C@H]3CCC[C@@H](N)C3)nnc2c1C. The van der Waals surface area contributed by atoms with Crippen LogP contribution in [0.2, 0.25) is 0 Å². The lowest BCUT2D eigenvalue weighted by Gasteiger charge is -2.25. The van der Waals surface area contributed by atoms with Crippen molar-refractivity contribution in [1.29, 1.82) is 0 Å². The Balaban J connectivity index is 2.03. The van der Waals surface area contributed by atoms with Crippen LogP contribution in [-0.4, -0.2) is 27.7 Å². The second-order valence-corrected chi connectivity index (χ2v) is 5.38. The maximum absolute atomic E-state index is 6.07. The van der Waals surface area contributed by atoms with Crippen molar-refractivity contribution in [3.8, 4) is 5.75 Å². The molecule has 0 unspecified atom stereocenters. The number of fused-ring (bicyclic) bond motifs is 1. The fourth-order valence-electron chi connectivity index (χ4n) is 3.05. The van der Waals surface area contributed by atoms with E-state index in [1.807, 2.05) is 19.2 Å². The minimum atomic E-state index is 0.297. The van der Waals surface area contributed by atoms with Crippen LogP contribution in [0.15, 0.2) is 12.3 Å². The molecule has 0 spiro atoms. The first kappa shape index (κ1) is 12.4. The Labute approximate surface area is 112 Å². The lowest BCUT2D eigenvalue weighted by molar-refractivity contribution is 0.380. The number of nitrogens with zero attached hydrogens (tertiary/aromatic N) is 3. The van der Waals surface area contributed by atoms with Gasteiger partial charge in [0.05, 0.1) is 7.11 Å². The Morgan fingerprint density at radius 1 is 1.37 bits per heavy atom. The predicted octanol–water partition coefficient (Wildman–Crippen LogP) is 2.03. The number of hydrogen-bond acceptors (Lipinski definition) is 4. The van der Waals surface area contributed by atoms with Gasteiger partial charge in [0, 0.05) is 23.7 Å². The summed E-state index contributed by atoms with van der Waals surface area (Å²) in [6.45, 7) is 2.01. The molecule has 5 nitrogen and oxygen atoms in total. The second kappa shape index (κ2) is 4.81. The molecule has 2 aromatic heterocycles. The van der Waals surface area contributed by atoms with Gasteiger partial charge in [0.25, 0.3) is 0 Å². The Kier molecular flexibility index (Phi) is 3.14. The Morgan fingerprint density at radius 2 is 2.21 bits per heavy atom. The zero-order valence-electron chi connectivity index (χ0n) is 11.5. The van der Waals surface area contributed by atoms with Crippen LogP contribution in [0.25, 0.3) is 5.65 Å². The number of aryl methyl sites for hydroxylation is 1. The van der Waals surface area contributed by atoms with Crippen LogP contribution in [0, 0.1) is 6.92 Å². The maximum atomic E-state index is 6.07. The van der Waals surface area contributed by atoms with Gasteiger partial charge >= 0.3 is 0 Å². The molecule has 0 bridgehead atoms. The molecule has 0 saturated heterocycles. The van der Waals surface area contributed by atoms with E-state index < -0.39 is 0 Å². The van der Waals surface area contributed by atoms with E-state index >= 15 is 0 Å². The van der Waals surface area contributed by atoms with Gasteiger partial charge in [-0.05, 0) is 32.3 Å². The Morgan fingerprint density at radius 3 is 2.95 bits per heavy atom. The van der Waals surface area contributed by atoms with E-state index in [9.17, 15) is 0 Å². The van der Waals surface area contributed by atoms with Gasteiger partial charge < -0.3 is 10.5 Å². The highest BCUT2D eigenvalue weighted by Gasteiger charge is 2.25. The zero-order valence-corrected chi connectivity index (χ0v) is 11.5. The Hall–Kier alpha value is -1.62. The average molecular weight is 260 g/mol. The molecule has 2 N–H and O–H groups in total. The summed E-state index contributed by atoms with van der Waals surface area (Å²) in [5.41, 5.74) is 7.99. The summed E-state index contributed by atoms with van der Waals surface area (Å²) < 4.78 is 7.41. The van der Waals surface area contributed by atoms with Crippen LogP contribution in [0.5, 0.6) is 5.75 Å². The molecule has 1 fully saturated rings. The quantitative estimate of drug-likeness (QED) is 0.897. The molecule has 1 aliphatic rings. The molecule has 1 saturated carbocycles. The highest BCUT2D eigenvalue weighted by molar-refractivity contribution is 5.54. The normalized spacial score (nSPS) is 23.7. The van der Waals surface area contributed by atoms with Crippen molar-refractivity contribution < 1.29 is 4.74 Å². The molecule has 19 heavy (non-hydrogen) atoms. The second-order valence-electron chi connectivity index (χ2n) is 5.38. The molecule has 2 atom stereocenters. The largest absolute Gasteiger partial charge is 0.496 e. The number of methoxy groups -OCH3 is 1. The Bertz CT molecular complexity index is 592. The van der Waals surface area contributed by atoms with Crippen LogP contribution in [-0.2, 0) is 0 Å².